The Hall–Kier alpha value is -1.33. The van der Waals surface area contributed by atoms with Crippen LogP contribution in [0.25, 0.3) is 0 Å². The summed E-state index contributed by atoms with van der Waals surface area (Å²) >= 11 is 5.87. The van der Waals surface area contributed by atoms with Crippen LogP contribution in [0.3, 0.4) is 0 Å². The Balaban J connectivity index is 2.62. The van der Waals surface area contributed by atoms with Gasteiger partial charge in [0.15, 0.2) is 5.82 Å². The SMILES string of the molecule is COc1ncc(Cl)c(NC/C=C/CN)n1. The molecule has 0 fully saturated rings. The molecule has 1 rings (SSSR count). The van der Waals surface area contributed by atoms with Gasteiger partial charge in [0.25, 0.3) is 0 Å². The minimum atomic E-state index is 0.282. The molecule has 5 nitrogen and oxygen atoms in total. The van der Waals surface area contributed by atoms with E-state index in [2.05, 4.69) is 15.3 Å². The van der Waals surface area contributed by atoms with E-state index in [4.69, 9.17) is 22.1 Å². The Bertz CT molecular complexity index is 343. The van der Waals surface area contributed by atoms with Gasteiger partial charge in [-0.15, -0.1) is 0 Å². The summed E-state index contributed by atoms with van der Waals surface area (Å²) in [5.74, 6) is 0.546. The highest BCUT2D eigenvalue weighted by Crippen LogP contribution is 2.19. The van der Waals surface area contributed by atoms with Crippen LogP contribution in [0.2, 0.25) is 5.02 Å². The molecular formula is C9H13ClN4O. The highest BCUT2D eigenvalue weighted by Gasteiger charge is 2.03. The number of methoxy groups -OCH3 is 1. The van der Waals surface area contributed by atoms with E-state index in [1.54, 1.807) is 0 Å². The van der Waals surface area contributed by atoms with Gasteiger partial charge in [0.1, 0.15) is 5.02 Å². The summed E-state index contributed by atoms with van der Waals surface area (Å²) < 4.78 is 4.88. The van der Waals surface area contributed by atoms with Crippen molar-refractivity contribution >= 4 is 17.4 Å². The van der Waals surface area contributed by atoms with Crippen molar-refractivity contribution in [1.29, 1.82) is 0 Å². The molecule has 0 aromatic carbocycles. The molecule has 0 radical (unpaired) electrons. The average Bonchev–Trinajstić information content (AvgIpc) is 2.26. The van der Waals surface area contributed by atoms with Crippen LogP contribution < -0.4 is 15.8 Å². The summed E-state index contributed by atoms with van der Waals surface area (Å²) in [6.07, 6.45) is 5.23. The van der Waals surface area contributed by atoms with Gasteiger partial charge in [-0.1, -0.05) is 23.8 Å². The number of aromatic nitrogens is 2. The number of hydrogen-bond donors (Lipinski definition) is 2. The van der Waals surface area contributed by atoms with Crippen LogP contribution in [0, 0.1) is 0 Å². The maximum Gasteiger partial charge on any atom is 0.318 e. The van der Waals surface area contributed by atoms with Gasteiger partial charge in [-0.25, -0.2) is 4.98 Å². The molecule has 1 aromatic heterocycles. The molecule has 0 spiro atoms. The van der Waals surface area contributed by atoms with Crippen LogP contribution in [-0.2, 0) is 0 Å². The molecule has 0 aliphatic carbocycles. The summed E-state index contributed by atoms with van der Waals surface area (Å²) in [6.45, 7) is 1.12. The molecule has 3 N–H and O–H groups in total. The smallest absolute Gasteiger partial charge is 0.318 e. The third-order valence-corrected chi connectivity index (χ3v) is 1.87. The summed E-state index contributed by atoms with van der Waals surface area (Å²) in [5, 5.41) is 3.47. The van der Waals surface area contributed by atoms with E-state index < -0.39 is 0 Å². The van der Waals surface area contributed by atoms with E-state index in [0.717, 1.165) is 0 Å². The van der Waals surface area contributed by atoms with Gasteiger partial charge in [0, 0.05) is 13.1 Å². The Morgan fingerprint density at radius 1 is 1.60 bits per heavy atom. The molecule has 1 aromatic rings. The van der Waals surface area contributed by atoms with Crippen molar-refractivity contribution in [3.63, 3.8) is 0 Å². The Morgan fingerprint density at radius 3 is 3.07 bits per heavy atom. The summed E-state index contributed by atoms with van der Waals surface area (Å²) in [4.78, 5) is 7.91. The molecule has 0 bridgehead atoms. The number of rotatable bonds is 5. The van der Waals surface area contributed by atoms with Crippen LogP contribution in [0.4, 0.5) is 5.82 Å². The van der Waals surface area contributed by atoms with E-state index in [1.165, 1.54) is 13.3 Å². The summed E-state index contributed by atoms with van der Waals surface area (Å²) in [7, 11) is 1.50. The fourth-order valence-corrected chi connectivity index (χ4v) is 1.07. The van der Waals surface area contributed by atoms with Crippen LogP contribution in [-0.4, -0.2) is 30.2 Å². The first-order valence-corrected chi connectivity index (χ1v) is 4.81. The van der Waals surface area contributed by atoms with E-state index >= 15 is 0 Å². The lowest BCUT2D eigenvalue weighted by atomic mass is 10.4. The topological polar surface area (TPSA) is 73.1 Å². The van der Waals surface area contributed by atoms with Gasteiger partial charge < -0.3 is 15.8 Å². The number of nitrogens with zero attached hydrogens (tertiary/aromatic N) is 2. The molecule has 6 heteroatoms. The van der Waals surface area contributed by atoms with Crippen molar-refractivity contribution in [2.45, 2.75) is 0 Å². The van der Waals surface area contributed by atoms with Crippen LogP contribution in [0.15, 0.2) is 18.3 Å². The van der Waals surface area contributed by atoms with Crippen molar-refractivity contribution in [1.82, 2.24) is 9.97 Å². The number of nitrogens with one attached hydrogen (secondary N) is 1. The van der Waals surface area contributed by atoms with Crippen LogP contribution in [0.5, 0.6) is 6.01 Å². The minimum absolute atomic E-state index is 0.282. The number of ether oxygens (including phenoxy) is 1. The third-order valence-electron chi connectivity index (χ3n) is 1.59. The van der Waals surface area contributed by atoms with Crippen molar-refractivity contribution in [3.05, 3.63) is 23.4 Å². The zero-order valence-electron chi connectivity index (χ0n) is 8.40. The van der Waals surface area contributed by atoms with E-state index in [9.17, 15) is 0 Å². The summed E-state index contributed by atoms with van der Waals surface area (Å²) in [5.41, 5.74) is 5.30. The standard InChI is InChI=1S/C9H13ClN4O/c1-15-9-13-6-7(10)8(14-9)12-5-3-2-4-11/h2-3,6H,4-5,11H2,1H3,(H,12,13,14)/b3-2+. The Labute approximate surface area is 93.3 Å². The third kappa shape index (κ3) is 3.73. The van der Waals surface area contributed by atoms with E-state index in [1.807, 2.05) is 12.2 Å². The first-order valence-electron chi connectivity index (χ1n) is 4.43. The highest BCUT2D eigenvalue weighted by molar-refractivity contribution is 6.32. The quantitative estimate of drug-likeness (QED) is 0.738. The first-order chi connectivity index (χ1) is 7.27. The Kier molecular flexibility index (Phi) is 4.86. The minimum Gasteiger partial charge on any atom is -0.467 e. The number of halogens is 1. The largest absolute Gasteiger partial charge is 0.467 e. The second-order valence-corrected chi connectivity index (χ2v) is 3.05. The molecule has 82 valence electrons. The van der Waals surface area contributed by atoms with Crippen LogP contribution in [0.1, 0.15) is 0 Å². The van der Waals surface area contributed by atoms with Gasteiger partial charge in [-0.2, -0.15) is 4.98 Å². The fourth-order valence-electron chi connectivity index (χ4n) is 0.908. The summed E-state index contributed by atoms with van der Waals surface area (Å²) in [6, 6.07) is 0.282. The fraction of sp³-hybridized carbons (Fsp3) is 0.333. The predicted molar refractivity (Wildman–Crippen MR) is 60.3 cm³/mol. The maximum absolute atomic E-state index is 5.87. The van der Waals surface area contributed by atoms with Gasteiger partial charge in [-0.3, -0.25) is 0 Å². The van der Waals surface area contributed by atoms with Gasteiger partial charge in [0.2, 0.25) is 0 Å². The monoisotopic (exact) mass is 228 g/mol. The highest BCUT2D eigenvalue weighted by atomic mass is 35.5. The number of hydrogen-bond acceptors (Lipinski definition) is 5. The zero-order chi connectivity index (χ0) is 11.1. The zero-order valence-corrected chi connectivity index (χ0v) is 9.16. The molecule has 0 amide bonds. The predicted octanol–water partition coefficient (Wildman–Crippen LogP) is 1.07. The van der Waals surface area contributed by atoms with Crippen molar-refractivity contribution in [3.8, 4) is 6.01 Å². The molecular weight excluding hydrogens is 216 g/mol. The van der Waals surface area contributed by atoms with E-state index in [0.29, 0.717) is 23.9 Å². The van der Waals surface area contributed by atoms with Gasteiger partial charge >= 0.3 is 6.01 Å². The maximum atomic E-state index is 5.87. The number of anilines is 1. The van der Waals surface area contributed by atoms with E-state index in [-0.39, 0.29) is 6.01 Å². The molecule has 0 saturated heterocycles. The van der Waals surface area contributed by atoms with Crippen LogP contribution >= 0.6 is 11.6 Å². The Morgan fingerprint density at radius 2 is 2.40 bits per heavy atom. The second-order valence-electron chi connectivity index (χ2n) is 2.64. The molecule has 1 heterocycles. The normalized spacial score (nSPS) is 10.6. The average molecular weight is 229 g/mol. The lowest BCUT2D eigenvalue weighted by molar-refractivity contribution is 0.380. The van der Waals surface area contributed by atoms with Crippen molar-refractivity contribution < 1.29 is 4.74 Å². The molecule has 15 heavy (non-hydrogen) atoms. The van der Waals surface area contributed by atoms with Crippen molar-refractivity contribution in [2.75, 3.05) is 25.5 Å². The lowest BCUT2D eigenvalue weighted by Gasteiger charge is -2.05. The molecule has 0 unspecified atom stereocenters. The molecule has 0 aliphatic rings. The lowest BCUT2D eigenvalue weighted by Crippen LogP contribution is -2.04. The van der Waals surface area contributed by atoms with Gasteiger partial charge in [0.05, 0.1) is 13.3 Å². The molecule has 0 saturated carbocycles. The second kappa shape index (κ2) is 6.21. The van der Waals surface area contributed by atoms with Crippen molar-refractivity contribution in [2.24, 2.45) is 5.73 Å². The first kappa shape index (κ1) is 11.7. The molecule has 0 aliphatic heterocycles. The molecule has 0 atom stereocenters. The number of nitrogens with two attached hydrogens (primary N) is 1. The van der Waals surface area contributed by atoms with Gasteiger partial charge in [-0.05, 0) is 0 Å².